The lowest BCUT2D eigenvalue weighted by Gasteiger charge is -2.28. The third-order valence-electron chi connectivity index (χ3n) is 18.7. The summed E-state index contributed by atoms with van der Waals surface area (Å²) in [4.78, 5) is 127. The number of rotatable bonds is 16. The maximum atomic E-state index is 13.0. The molecule has 4 aliphatic heterocycles. The Labute approximate surface area is 676 Å². The molecule has 4 aromatic carbocycles. The third kappa shape index (κ3) is 23.0. The molecule has 0 aliphatic carbocycles. The number of Topliss-reactive ketones (excluding diaryl/α,β-unsaturated/α-hetero) is 1. The summed E-state index contributed by atoms with van der Waals surface area (Å²) in [5.74, 6) is 0.704. The molecule has 628 valence electrons. The van der Waals surface area contributed by atoms with Crippen LogP contribution in [0.5, 0.6) is 0 Å². The maximum Gasteiger partial charge on any atom is 0.253 e. The number of fused-ring (bicyclic) bond motifs is 4. The van der Waals surface area contributed by atoms with Crippen LogP contribution < -0.4 is 56.5 Å². The number of hydrogen-bond acceptors (Lipinski definition) is 24. The highest BCUT2D eigenvalue weighted by Crippen LogP contribution is 2.34. The molecule has 4 fully saturated rings. The number of nitrogens with one attached hydrogen (secondary N) is 2. The molecule has 32 heteroatoms. The molecule has 8 aromatic rings. The normalized spacial score (nSPS) is 15.8. The molecule has 0 radical (unpaired) electrons. The highest BCUT2D eigenvalue weighted by Gasteiger charge is 2.31. The van der Waals surface area contributed by atoms with Crippen molar-refractivity contribution in [2.75, 3.05) is 181 Å². The summed E-state index contributed by atoms with van der Waals surface area (Å²) in [6.07, 6.45) is 0. The standard InChI is InChI=1S/2C22H31N3O5S.C18H23N3O4.C18H20N2O5.C2H6.CH4/c2*1-14(23-31(28)22(2,3)4)16-11-15(21(27)24(5)6)12-17-18(26)13-19(30-20(16)17)25-7-9-29-10-8-25;1-11(19)13-8-12(18(23)20(2)3)9-14-15(22)10-16(25-17(13)14)21-4-6-24-7-5-21;1-11(21)13-8-12(18(23)19(2)3)9-14-15(22)10-16(25-17(13)14)20-4-6-24-7-5-20;1-2;/h2*11-14,23H,7-10H2,1-6H3;8-11H,4-7,19H2,1-3H3;8-10H,4-7H2,1-3H3;1-2H3;1H4/t2*14?,31-;;;;/m11..../s1. The van der Waals surface area contributed by atoms with Crippen molar-refractivity contribution in [2.45, 2.75) is 118 Å². The molecule has 115 heavy (non-hydrogen) atoms. The molecule has 4 aliphatic rings. The summed E-state index contributed by atoms with van der Waals surface area (Å²) in [7, 11) is 10.5. The number of hydrogen-bond donors (Lipinski definition) is 3. The van der Waals surface area contributed by atoms with Gasteiger partial charge in [0.2, 0.25) is 0 Å². The number of carbonyl (C=O) groups is 5. The molecule has 4 aromatic heterocycles. The van der Waals surface area contributed by atoms with Crippen molar-refractivity contribution >= 4 is 119 Å². The van der Waals surface area contributed by atoms with E-state index in [0.717, 1.165) is 0 Å². The summed E-state index contributed by atoms with van der Waals surface area (Å²) >= 11 is 0. The monoisotopic (exact) mass is 1630 g/mol. The fourth-order valence-electron chi connectivity index (χ4n) is 12.4. The Morgan fingerprint density at radius 1 is 0.391 bits per heavy atom. The molecule has 3 unspecified atom stereocenters. The van der Waals surface area contributed by atoms with Gasteiger partial charge in [-0.1, -0.05) is 21.3 Å². The number of nitrogens with zero attached hydrogens (tertiary/aromatic N) is 8. The number of amides is 4. The number of nitrogens with two attached hydrogens (primary N) is 1. The van der Waals surface area contributed by atoms with Gasteiger partial charge in [-0.15, -0.1) is 0 Å². The zero-order valence-electron chi connectivity index (χ0n) is 69.2. The van der Waals surface area contributed by atoms with Gasteiger partial charge < -0.3 is 81.5 Å². The molecule has 30 nitrogen and oxygen atoms in total. The summed E-state index contributed by atoms with van der Waals surface area (Å²) < 4.78 is 76.4. The van der Waals surface area contributed by atoms with Gasteiger partial charge in [0.1, 0.15) is 16.7 Å². The van der Waals surface area contributed by atoms with Crippen molar-refractivity contribution in [3.63, 3.8) is 0 Å². The van der Waals surface area contributed by atoms with Crippen LogP contribution >= 0.6 is 0 Å². The lowest BCUT2D eigenvalue weighted by atomic mass is 10.0. The number of morpholine rings is 4. The SMILES string of the molecule is C.CC.CC(=O)c1cc(C(=O)N(C)C)cc2c(=O)cc(N3CCOCC3)oc12.CC(N)c1cc(C(=O)N(C)C)cc2c(=O)cc(N3CCOCC3)oc12.CC(N[S@](=O)C(C)(C)C)c1cc(C(=O)N(C)C)cc2c(=O)cc(N3CCOCC3)oc12.CC(N[S@](=O)C(C)(C)C)c1cc(C(=O)N(C)C)cc2c(=O)cc(N3CCOCC3)oc12. The van der Waals surface area contributed by atoms with Crippen LogP contribution in [0.25, 0.3) is 43.9 Å². The molecule has 0 spiro atoms. The Morgan fingerprint density at radius 3 is 0.852 bits per heavy atom. The van der Waals surface area contributed by atoms with Crippen LogP contribution in [-0.2, 0) is 40.9 Å². The topological polar surface area (TPSA) is 353 Å². The minimum absolute atomic E-state index is 0. The zero-order chi connectivity index (χ0) is 84.1. The number of ketones is 1. The second-order valence-electron chi connectivity index (χ2n) is 30.5. The predicted octanol–water partition coefficient (Wildman–Crippen LogP) is 9.44. The number of anilines is 4. The Bertz CT molecular complexity index is 4940. The van der Waals surface area contributed by atoms with Crippen LogP contribution in [0.15, 0.2) is 110 Å². The van der Waals surface area contributed by atoms with Crippen molar-refractivity contribution in [3.8, 4) is 0 Å². The van der Waals surface area contributed by atoms with E-state index in [1.165, 1.54) is 62.9 Å². The smallest absolute Gasteiger partial charge is 0.253 e. The average Bonchev–Trinajstić information content (AvgIpc) is 0.752. The fraction of sp³-hybridized carbons (Fsp3) is 0.506. The molecule has 4 saturated heterocycles. The van der Waals surface area contributed by atoms with Gasteiger partial charge in [0, 0.05) is 190 Å². The summed E-state index contributed by atoms with van der Waals surface area (Å²) in [6, 6.07) is 17.4. The predicted molar refractivity (Wildman–Crippen MR) is 454 cm³/mol. The highest BCUT2D eigenvalue weighted by atomic mass is 32.2. The van der Waals surface area contributed by atoms with Gasteiger partial charge in [0.15, 0.2) is 56.6 Å². The van der Waals surface area contributed by atoms with E-state index in [0.29, 0.717) is 195 Å². The average molecular weight is 1640 g/mol. The van der Waals surface area contributed by atoms with Crippen LogP contribution in [0.1, 0.15) is 177 Å². The Balaban J connectivity index is 0.000000211. The van der Waals surface area contributed by atoms with E-state index in [9.17, 15) is 51.6 Å². The number of benzene rings is 4. The van der Waals surface area contributed by atoms with Crippen LogP contribution in [0, 0.1) is 0 Å². The molecule has 4 amide bonds. The molecule has 0 saturated carbocycles. The number of ether oxygens (including phenoxy) is 4. The largest absolute Gasteiger partial charge is 0.440 e. The van der Waals surface area contributed by atoms with E-state index in [2.05, 4.69) is 9.44 Å². The van der Waals surface area contributed by atoms with E-state index in [1.54, 1.807) is 99.7 Å². The highest BCUT2D eigenvalue weighted by molar-refractivity contribution is 7.84. The maximum absolute atomic E-state index is 13.0. The number of carbonyl (C=O) groups excluding carboxylic acids is 5. The van der Waals surface area contributed by atoms with Gasteiger partial charge in [0.05, 0.1) is 111 Å². The summed E-state index contributed by atoms with van der Waals surface area (Å²) in [5.41, 5.74) is 10.2. The van der Waals surface area contributed by atoms with Crippen molar-refractivity contribution in [1.29, 1.82) is 0 Å². The van der Waals surface area contributed by atoms with Gasteiger partial charge in [-0.2, -0.15) is 0 Å². The minimum atomic E-state index is -1.34. The van der Waals surface area contributed by atoms with Gasteiger partial charge in [-0.05, 0) is 118 Å². The van der Waals surface area contributed by atoms with Crippen LogP contribution in [0.4, 0.5) is 23.5 Å². The Morgan fingerprint density at radius 2 is 0.617 bits per heavy atom. The summed E-state index contributed by atoms with van der Waals surface area (Å²) in [5, 5.41) is 1.26. The van der Waals surface area contributed by atoms with Crippen molar-refractivity contribution < 1.29 is 69.0 Å². The van der Waals surface area contributed by atoms with E-state index >= 15 is 0 Å². The molecule has 8 heterocycles. The third-order valence-corrected chi connectivity index (χ3v) is 22.1. The van der Waals surface area contributed by atoms with E-state index in [4.69, 9.17) is 42.3 Å². The van der Waals surface area contributed by atoms with Gasteiger partial charge >= 0.3 is 0 Å². The van der Waals surface area contributed by atoms with Crippen LogP contribution in [0.2, 0.25) is 0 Å². The van der Waals surface area contributed by atoms with Crippen LogP contribution in [0.3, 0.4) is 0 Å². The molecular formula is C83H115N11O19S2. The molecule has 12 rings (SSSR count). The van der Waals surface area contributed by atoms with Crippen molar-refractivity contribution in [2.24, 2.45) is 5.73 Å². The van der Waals surface area contributed by atoms with E-state index < -0.39 is 43.5 Å². The Hall–Kier alpha value is -9.51. The summed E-state index contributed by atoms with van der Waals surface area (Å²) in [6.45, 7) is 31.8. The molecule has 5 atom stereocenters. The first kappa shape index (κ1) is 92.7. The van der Waals surface area contributed by atoms with Crippen molar-refractivity contribution in [1.82, 2.24) is 29.0 Å². The molecule has 4 N–H and O–H groups in total. The molecular weight excluding hydrogens is 1520 g/mol. The van der Waals surface area contributed by atoms with Gasteiger partial charge in [0.25, 0.3) is 23.6 Å². The molecule has 0 bridgehead atoms. The van der Waals surface area contributed by atoms with Gasteiger partial charge in [-0.3, -0.25) is 43.2 Å². The van der Waals surface area contributed by atoms with Crippen molar-refractivity contribution in [3.05, 3.63) is 158 Å². The second-order valence-corrected chi connectivity index (χ2v) is 34.5. The zero-order valence-corrected chi connectivity index (χ0v) is 70.8. The quantitative estimate of drug-likeness (QED) is 0.0758. The first-order valence-electron chi connectivity index (χ1n) is 38.0. The van der Waals surface area contributed by atoms with E-state index in [-0.39, 0.29) is 86.7 Å². The first-order valence-corrected chi connectivity index (χ1v) is 40.3. The fourth-order valence-corrected chi connectivity index (χ4v) is 14.0. The second kappa shape index (κ2) is 40.4. The van der Waals surface area contributed by atoms with Gasteiger partial charge in [-0.25, -0.2) is 17.9 Å². The Kier molecular flexibility index (Phi) is 32.5. The van der Waals surface area contributed by atoms with E-state index in [1.807, 2.05) is 88.8 Å². The minimum Gasteiger partial charge on any atom is -0.440 e. The lowest BCUT2D eigenvalue weighted by Crippen LogP contribution is -2.36. The first-order chi connectivity index (χ1) is 53.7. The lowest BCUT2D eigenvalue weighted by molar-refractivity contribution is 0.0820. The van der Waals surface area contributed by atoms with Crippen LogP contribution in [-0.4, -0.2) is 229 Å².